The van der Waals surface area contributed by atoms with Crippen LogP contribution in [0.3, 0.4) is 0 Å². The molecule has 92 valence electrons. The number of nitro benzene ring substituents is 1. The number of benzene rings is 1. The van der Waals surface area contributed by atoms with Gasteiger partial charge in [-0.1, -0.05) is 18.6 Å². The van der Waals surface area contributed by atoms with Crippen LogP contribution in [-0.4, -0.2) is 22.2 Å². The maximum absolute atomic E-state index is 10.8. The first kappa shape index (κ1) is 11.9. The van der Waals surface area contributed by atoms with Crippen LogP contribution in [0.15, 0.2) is 24.3 Å². The number of nitro groups is 1. The van der Waals surface area contributed by atoms with Gasteiger partial charge in [0.2, 0.25) is 0 Å². The van der Waals surface area contributed by atoms with E-state index in [1.165, 1.54) is 6.07 Å². The van der Waals surface area contributed by atoms with Crippen LogP contribution >= 0.6 is 0 Å². The van der Waals surface area contributed by atoms with E-state index in [1.54, 1.807) is 18.2 Å². The molecule has 0 spiro atoms. The van der Waals surface area contributed by atoms with Crippen LogP contribution in [0.4, 0.5) is 5.69 Å². The standard InChI is InChI=1S/C12H15NO4/c14-10-6-2-4-8-12(10)17-11-7-3-1-5-9(11)13(15)16/h1,3,5,7,10,12,14H,2,4,6,8H2. The van der Waals surface area contributed by atoms with E-state index in [9.17, 15) is 15.2 Å². The molecule has 0 saturated heterocycles. The summed E-state index contributed by atoms with van der Waals surface area (Å²) in [5.74, 6) is 0.239. The highest BCUT2D eigenvalue weighted by Crippen LogP contribution is 2.30. The van der Waals surface area contributed by atoms with E-state index in [4.69, 9.17) is 4.74 Å². The van der Waals surface area contributed by atoms with Gasteiger partial charge >= 0.3 is 5.69 Å². The minimum Gasteiger partial charge on any atom is -0.481 e. The molecule has 0 bridgehead atoms. The third-order valence-electron chi connectivity index (χ3n) is 3.01. The molecule has 1 aromatic carbocycles. The van der Waals surface area contributed by atoms with Gasteiger partial charge in [0, 0.05) is 6.07 Å². The maximum Gasteiger partial charge on any atom is 0.310 e. The van der Waals surface area contributed by atoms with Gasteiger partial charge < -0.3 is 9.84 Å². The molecule has 2 unspecified atom stereocenters. The molecular formula is C12H15NO4. The average Bonchev–Trinajstić information content (AvgIpc) is 2.32. The topological polar surface area (TPSA) is 72.6 Å². The van der Waals surface area contributed by atoms with Crippen molar-refractivity contribution in [1.29, 1.82) is 0 Å². The van der Waals surface area contributed by atoms with Crippen molar-refractivity contribution in [2.75, 3.05) is 0 Å². The second-order valence-corrected chi connectivity index (χ2v) is 4.23. The van der Waals surface area contributed by atoms with E-state index in [2.05, 4.69) is 0 Å². The van der Waals surface area contributed by atoms with E-state index in [-0.39, 0.29) is 17.5 Å². The first-order valence-electron chi connectivity index (χ1n) is 5.76. The summed E-state index contributed by atoms with van der Waals surface area (Å²) in [7, 11) is 0. The van der Waals surface area contributed by atoms with Crippen molar-refractivity contribution >= 4 is 5.69 Å². The van der Waals surface area contributed by atoms with Crippen molar-refractivity contribution in [2.45, 2.75) is 37.9 Å². The second kappa shape index (κ2) is 5.14. The van der Waals surface area contributed by atoms with Crippen molar-refractivity contribution in [2.24, 2.45) is 0 Å². The van der Waals surface area contributed by atoms with E-state index < -0.39 is 11.0 Å². The van der Waals surface area contributed by atoms with Crippen molar-refractivity contribution < 1.29 is 14.8 Å². The lowest BCUT2D eigenvalue weighted by Gasteiger charge is -2.27. The minimum atomic E-state index is -0.524. The Hall–Kier alpha value is -1.62. The molecule has 17 heavy (non-hydrogen) atoms. The molecule has 5 nitrogen and oxygen atoms in total. The second-order valence-electron chi connectivity index (χ2n) is 4.23. The predicted molar refractivity (Wildman–Crippen MR) is 62.0 cm³/mol. The molecule has 2 atom stereocenters. The number of hydrogen-bond acceptors (Lipinski definition) is 4. The molecule has 0 heterocycles. The van der Waals surface area contributed by atoms with Gasteiger partial charge in [-0.3, -0.25) is 10.1 Å². The molecule has 1 N–H and O–H groups in total. The fourth-order valence-electron chi connectivity index (χ4n) is 2.09. The molecule has 0 radical (unpaired) electrons. The Kier molecular flexibility index (Phi) is 3.58. The summed E-state index contributed by atoms with van der Waals surface area (Å²) in [6, 6.07) is 6.27. The van der Waals surface area contributed by atoms with Crippen molar-refractivity contribution in [3.05, 3.63) is 34.4 Å². The molecule has 0 amide bonds. The Labute approximate surface area is 99.2 Å². The molecule has 1 saturated carbocycles. The van der Waals surface area contributed by atoms with Crippen molar-refractivity contribution in [3.8, 4) is 5.75 Å². The summed E-state index contributed by atoms with van der Waals surface area (Å²) < 4.78 is 5.57. The van der Waals surface area contributed by atoms with E-state index in [0.717, 1.165) is 19.3 Å². The number of aliphatic hydroxyl groups is 1. The fraction of sp³-hybridized carbons (Fsp3) is 0.500. The largest absolute Gasteiger partial charge is 0.481 e. The zero-order valence-corrected chi connectivity index (χ0v) is 9.41. The lowest BCUT2D eigenvalue weighted by atomic mass is 9.95. The fourth-order valence-corrected chi connectivity index (χ4v) is 2.09. The van der Waals surface area contributed by atoms with Crippen molar-refractivity contribution in [1.82, 2.24) is 0 Å². The molecular weight excluding hydrogens is 222 g/mol. The summed E-state index contributed by atoms with van der Waals surface area (Å²) in [4.78, 5) is 10.3. The van der Waals surface area contributed by atoms with Crippen LogP contribution in [0.1, 0.15) is 25.7 Å². The summed E-state index contributed by atoms with van der Waals surface area (Å²) in [6.45, 7) is 0. The molecule has 2 rings (SSSR count). The van der Waals surface area contributed by atoms with Crippen LogP contribution < -0.4 is 4.74 Å². The quantitative estimate of drug-likeness (QED) is 0.646. The van der Waals surface area contributed by atoms with Crippen molar-refractivity contribution in [3.63, 3.8) is 0 Å². The maximum atomic E-state index is 10.8. The molecule has 1 aliphatic carbocycles. The normalized spacial score (nSPS) is 24.3. The first-order chi connectivity index (χ1) is 8.18. The molecule has 1 aromatic rings. The third-order valence-corrected chi connectivity index (χ3v) is 3.01. The van der Waals surface area contributed by atoms with E-state index in [1.807, 2.05) is 0 Å². The average molecular weight is 237 g/mol. The van der Waals surface area contributed by atoms with Gasteiger partial charge in [-0.2, -0.15) is 0 Å². The summed E-state index contributed by atoms with van der Waals surface area (Å²) in [6.07, 6.45) is 2.56. The summed E-state index contributed by atoms with van der Waals surface area (Å²) in [5, 5.41) is 20.6. The highest BCUT2D eigenvalue weighted by molar-refractivity contribution is 5.45. The monoisotopic (exact) mass is 237 g/mol. The predicted octanol–water partition coefficient (Wildman–Crippen LogP) is 2.28. The van der Waals surface area contributed by atoms with Crippen LogP contribution in [0, 0.1) is 10.1 Å². The smallest absolute Gasteiger partial charge is 0.310 e. The number of nitrogens with zero attached hydrogens (tertiary/aromatic N) is 1. The Bertz CT molecular complexity index is 407. The Morgan fingerprint density at radius 3 is 2.71 bits per heavy atom. The SMILES string of the molecule is O=[N+]([O-])c1ccccc1OC1CCCCC1O. The first-order valence-corrected chi connectivity index (χ1v) is 5.76. The lowest BCUT2D eigenvalue weighted by molar-refractivity contribution is -0.386. The van der Waals surface area contributed by atoms with Crippen LogP contribution in [0.25, 0.3) is 0 Å². The summed E-state index contributed by atoms with van der Waals surface area (Å²) >= 11 is 0. The number of ether oxygens (including phenoxy) is 1. The van der Waals surface area contributed by atoms with Crippen LogP contribution in [0.2, 0.25) is 0 Å². The third kappa shape index (κ3) is 2.74. The van der Waals surface area contributed by atoms with E-state index in [0.29, 0.717) is 6.42 Å². The highest BCUT2D eigenvalue weighted by atomic mass is 16.6. The molecule has 5 heteroatoms. The van der Waals surface area contributed by atoms with Gasteiger partial charge in [-0.15, -0.1) is 0 Å². The lowest BCUT2D eigenvalue weighted by Crippen LogP contribution is -2.34. The molecule has 0 aliphatic heterocycles. The zero-order chi connectivity index (χ0) is 12.3. The minimum absolute atomic E-state index is 0.0507. The summed E-state index contributed by atoms with van der Waals surface area (Å²) in [5.41, 5.74) is -0.0507. The van der Waals surface area contributed by atoms with E-state index >= 15 is 0 Å². The van der Waals surface area contributed by atoms with Crippen LogP contribution in [0.5, 0.6) is 5.75 Å². The zero-order valence-electron chi connectivity index (χ0n) is 9.41. The number of aliphatic hydroxyl groups excluding tert-OH is 1. The van der Waals surface area contributed by atoms with Crippen LogP contribution in [-0.2, 0) is 0 Å². The van der Waals surface area contributed by atoms with Gasteiger partial charge in [0.15, 0.2) is 5.75 Å². The van der Waals surface area contributed by atoms with Gasteiger partial charge in [-0.05, 0) is 25.3 Å². The Morgan fingerprint density at radius 2 is 2.00 bits per heavy atom. The Morgan fingerprint density at radius 1 is 1.29 bits per heavy atom. The number of hydrogen-bond donors (Lipinski definition) is 1. The van der Waals surface area contributed by atoms with Gasteiger partial charge in [0.1, 0.15) is 6.10 Å². The molecule has 0 aromatic heterocycles. The molecule has 1 aliphatic rings. The number of rotatable bonds is 3. The van der Waals surface area contributed by atoms with Gasteiger partial charge in [-0.25, -0.2) is 0 Å². The van der Waals surface area contributed by atoms with Gasteiger partial charge in [0.05, 0.1) is 11.0 Å². The highest BCUT2D eigenvalue weighted by Gasteiger charge is 2.27. The number of para-hydroxylation sites is 2. The molecule has 1 fully saturated rings. The van der Waals surface area contributed by atoms with Gasteiger partial charge in [0.25, 0.3) is 0 Å². The Balaban J connectivity index is 2.14.